The molecule has 1 atom stereocenters. The van der Waals surface area contributed by atoms with Gasteiger partial charge in [-0.25, -0.2) is 0 Å². The summed E-state index contributed by atoms with van der Waals surface area (Å²) in [6.07, 6.45) is 8.60. The van der Waals surface area contributed by atoms with Crippen molar-refractivity contribution < 1.29 is 0 Å². The normalized spacial score (nSPS) is 20.4. The molecule has 0 bridgehead atoms. The molecule has 1 fully saturated rings. The first kappa shape index (κ1) is 6.85. The summed E-state index contributed by atoms with van der Waals surface area (Å²) in [6, 6.07) is 0. The van der Waals surface area contributed by atoms with Crippen molar-refractivity contribution in [3.8, 4) is 0 Å². The molecule has 0 aromatic rings. The van der Waals surface area contributed by atoms with Crippen molar-refractivity contribution in [3.63, 3.8) is 0 Å². The Kier molecular flexibility index (Phi) is 2.32. The molecule has 0 nitrogen and oxygen atoms in total. The molecule has 1 saturated carbocycles. The highest BCUT2D eigenvalue weighted by molar-refractivity contribution is 5.04. The van der Waals surface area contributed by atoms with E-state index in [4.69, 9.17) is 0 Å². The van der Waals surface area contributed by atoms with Gasteiger partial charge in [-0.3, -0.25) is 0 Å². The molecule has 0 N–H and O–H groups in total. The van der Waals surface area contributed by atoms with E-state index in [0.29, 0.717) is 0 Å². The van der Waals surface area contributed by atoms with Crippen LogP contribution in [-0.4, -0.2) is 0 Å². The Morgan fingerprint density at radius 1 is 1.78 bits per heavy atom. The third-order valence-corrected chi connectivity index (χ3v) is 1.90. The zero-order valence-electron chi connectivity index (χ0n) is 6.35. The lowest BCUT2D eigenvalue weighted by Gasteiger charge is -1.92. The highest BCUT2D eigenvalue weighted by Crippen LogP contribution is 2.31. The molecule has 0 heterocycles. The van der Waals surface area contributed by atoms with E-state index < -0.39 is 0 Å². The van der Waals surface area contributed by atoms with Gasteiger partial charge in [-0.05, 0) is 38.5 Å². The second-order valence-corrected chi connectivity index (χ2v) is 2.87. The van der Waals surface area contributed by atoms with Crippen molar-refractivity contribution in [2.24, 2.45) is 5.92 Å². The molecule has 0 heteroatoms. The number of hydrogen-bond acceptors (Lipinski definition) is 0. The van der Waals surface area contributed by atoms with E-state index in [1.54, 1.807) is 0 Å². The van der Waals surface area contributed by atoms with Gasteiger partial charge in [0.1, 0.15) is 0 Å². The molecule has 0 aromatic heterocycles. The summed E-state index contributed by atoms with van der Waals surface area (Å²) in [4.78, 5) is 0. The molecule has 0 saturated heterocycles. The van der Waals surface area contributed by atoms with E-state index in [0.717, 1.165) is 5.92 Å². The van der Waals surface area contributed by atoms with Crippen LogP contribution >= 0.6 is 0 Å². The summed E-state index contributed by atoms with van der Waals surface area (Å²) in [7, 11) is 0. The van der Waals surface area contributed by atoms with Crippen molar-refractivity contribution in [3.05, 3.63) is 18.1 Å². The SMILES string of the molecule is CCC(C)=CCC1[CH]C1. The van der Waals surface area contributed by atoms with E-state index in [1.165, 1.54) is 24.8 Å². The van der Waals surface area contributed by atoms with Crippen molar-refractivity contribution in [1.29, 1.82) is 0 Å². The standard InChI is InChI=1S/C9H15/c1-3-8(2)4-5-9-6-7-9/h4,6,9H,3,5,7H2,1-2H3. The number of hydrogen-bond donors (Lipinski definition) is 0. The van der Waals surface area contributed by atoms with Gasteiger partial charge in [-0.2, -0.15) is 0 Å². The zero-order valence-corrected chi connectivity index (χ0v) is 6.35. The van der Waals surface area contributed by atoms with E-state index in [-0.39, 0.29) is 0 Å². The lowest BCUT2D eigenvalue weighted by Crippen LogP contribution is -1.74. The lowest BCUT2D eigenvalue weighted by molar-refractivity contribution is 0.876. The van der Waals surface area contributed by atoms with Crippen molar-refractivity contribution in [2.75, 3.05) is 0 Å². The van der Waals surface area contributed by atoms with Gasteiger partial charge in [0.2, 0.25) is 0 Å². The zero-order chi connectivity index (χ0) is 6.69. The van der Waals surface area contributed by atoms with Crippen LogP contribution in [0.15, 0.2) is 11.6 Å². The lowest BCUT2D eigenvalue weighted by atomic mass is 10.1. The fourth-order valence-corrected chi connectivity index (χ4v) is 0.786. The Morgan fingerprint density at radius 2 is 2.44 bits per heavy atom. The van der Waals surface area contributed by atoms with Crippen LogP contribution in [0, 0.1) is 12.3 Å². The molecule has 0 aromatic carbocycles. The molecule has 51 valence electrons. The van der Waals surface area contributed by atoms with Crippen LogP contribution in [0.4, 0.5) is 0 Å². The van der Waals surface area contributed by atoms with Gasteiger partial charge in [0.25, 0.3) is 0 Å². The second kappa shape index (κ2) is 3.05. The third kappa shape index (κ3) is 2.69. The second-order valence-electron chi connectivity index (χ2n) is 2.87. The maximum absolute atomic E-state index is 2.37. The Labute approximate surface area is 58.0 Å². The summed E-state index contributed by atoms with van der Waals surface area (Å²) in [5.41, 5.74) is 1.54. The summed E-state index contributed by atoms with van der Waals surface area (Å²) >= 11 is 0. The van der Waals surface area contributed by atoms with Gasteiger partial charge < -0.3 is 0 Å². The first-order valence-corrected chi connectivity index (χ1v) is 3.82. The van der Waals surface area contributed by atoms with Gasteiger partial charge in [0.15, 0.2) is 0 Å². The average Bonchev–Trinajstić information content (AvgIpc) is 2.65. The molecule has 9 heavy (non-hydrogen) atoms. The van der Waals surface area contributed by atoms with Gasteiger partial charge in [-0.1, -0.05) is 18.6 Å². The minimum Gasteiger partial charge on any atom is -0.0853 e. The third-order valence-electron chi connectivity index (χ3n) is 1.90. The fraction of sp³-hybridized carbons (Fsp3) is 0.667. The maximum atomic E-state index is 2.37. The summed E-state index contributed by atoms with van der Waals surface area (Å²) in [6.45, 7) is 4.42. The van der Waals surface area contributed by atoms with Crippen LogP contribution in [0.5, 0.6) is 0 Å². The first-order valence-electron chi connectivity index (χ1n) is 3.82. The Balaban J connectivity index is 2.12. The smallest absolute Gasteiger partial charge is 0.0317 e. The number of rotatable bonds is 3. The predicted molar refractivity (Wildman–Crippen MR) is 41.1 cm³/mol. The monoisotopic (exact) mass is 123 g/mol. The van der Waals surface area contributed by atoms with Crippen LogP contribution < -0.4 is 0 Å². The van der Waals surface area contributed by atoms with E-state index in [9.17, 15) is 0 Å². The Hall–Kier alpha value is -0.260. The molecule has 1 aliphatic rings. The van der Waals surface area contributed by atoms with Crippen molar-refractivity contribution in [2.45, 2.75) is 33.1 Å². The highest BCUT2D eigenvalue weighted by atomic mass is 14.2. The van der Waals surface area contributed by atoms with Crippen LogP contribution in [0.2, 0.25) is 0 Å². The largest absolute Gasteiger partial charge is 0.0853 e. The van der Waals surface area contributed by atoms with Crippen molar-refractivity contribution in [1.82, 2.24) is 0 Å². The molecular formula is C9H15. The van der Waals surface area contributed by atoms with Gasteiger partial charge in [-0.15, -0.1) is 0 Å². The van der Waals surface area contributed by atoms with Crippen LogP contribution in [0.3, 0.4) is 0 Å². The summed E-state index contributed by atoms with van der Waals surface area (Å²) < 4.78 is 0. The van der Waals surface area contributed by atoms with Crippen LogP contribution in [0.25, 0.3) is 0 Å². The van der Waals surface area contributed by atoms with Gasteiger partial charge in [0.05, 0.1) is 0 Å². The molecule has 0 amide bonds. The fourth-order valence-electron chi connectivity index (χ4n) is 0.786. The molecule has 1 radical (unpaired) electrons. The Morgan fingerprint density at radius 3 is 2.89 bits per heavy atom. The van der Waals surface area contributed by atoms with Gasteiger partial charge in [0, 0.05) is 0 Å². The summed E-state index contributed by atoms with van der Waals surface area (Å²) in [5.74, 6) is 0.937. The van der Waals surface area contributed by atoms with Crippen LogP contribution in [0.1, 0.15) is 33.1 Å². The Bertz CT molecular complexity index is 107. The molecule has 0 aliphatic heterocycles. The summed E-state index contributed by atoms with van der Waals surface area (Å²) in [5, 5.41) is 0. The topological polar surface area (TPSA) is 0 Å². The maximum Gasteiger partial charge on any atom is -0.0317 e. The van der Waals surface area contributed by atoms with Crippen molar-refractivity contribution >= 4 is 0 Å². The first-order chi connectivity index (χ1) is 4.33. The minimum absolute atomic E-state index is 0.937. The van der Waals surface area contributed by atoms with E-state index in [1.807, 2.05) is 0 Å². The predicted octanol–water partition coefficient (Wildman–Crippen LogP) is 2.96. The molecule has 1 aliphatic carbocycles. The average molecular weight is 123 g/mol. The van der Waals surface area contributed by atoms with E-state index in [2.05, 4.69) is 26.3 Å². The van der Waals surface area contributed by atoms with Gasteiger partial charge >= 0.3 is 0 Å². The van der Waals surface area contributed by atoms with E-state index >= 15 is 0 Å². The molecule has 0 spiro atoms. The quantitative estimate of drug-likeness (QED) is 0.506. The minimum atomic E-state index is 0.937. The number of allylic oxidation sites excluding steroid dienone is 2. The highest BCUT2D eigenvalue weighted by Gasteiger charge is 2.19. The molecule has 1 unspecified atom stereocenters. The molecular weight excluding hydrogens is 108 g/mol. The molecule has 1 rings (SSSR count). The van der Waals surface area contributed by atoms with Crippen LogP contribution in [-0.2, 0) is 0 Å².